The van der Waals surface area contributed by atoms with Crippen molar-refractivity contribution in [3.63, 3.8) is 0 Å². The van der Waals surface area contributed by atoms with Crippen LogP contribution in [-0.4, -0.2) is 51.1 Å². The molecule has 0 aromatic carbocycles. The Kier molecular flexibility index (Phi) is 6.10. The van der Waals surface area contributed by atoms with Crippen LogP contribution in [0.4, 0.5) is 0 Å². The Bertz CT molecular complexity index is 1450. The first-order chi connectivity index (χ1) is 15.8. The third kappa shape index (κ3) is 4.75. The third-order valence-corrected chi connectivity index (χ3v) is 8.18. The van der Waals surface area contributed by atoms with Crippen LogP contribution in [0.2, 0.25) is 0 Å². The highest BCUT2D eigenvalue weighted by atomic mass is 79.9. The molecule has 0 atom stereocenters. The van der Waals surface area contributed by atoms with Crippen LogP contribution >= 0.6 is 27.7 Å². The number of aromatic amines is 1. The van der Waals surface area contributed by atoms with Crippen LogP contribution in [0.5, 0.6) is 0 Å². The second kappa shape index (κ2) is 8.90. The topological polar surface area (TPSA) is 126 Å². The van der Waals surface area contributed by atoms with Gasteiger partial charge >= 0.3 is 0 Å². The van der Waals surface area contributed by atoms with Crippen molar-refractivity contribution in [2.24, 2.45) is 5.92 Å². The van der Waals surface area contributed by atoms with Gasteiger partial charge in [0.25, 0.3) is 0 Å². The summed E-state index contributed by atoms with van der Waals surface area (Å²) in [5.74, 6) is 0.552. The van der Waals surface area contributed by atoms with E-state index < -0.39 is 10.0 Å². The van der Waals surface area contributed by atoms with E-state index in [4.69, 9.17) is 9.97 Å². The number of rotatable bonds is 7. The first-order valence-corrected chi connectivity index (χ1v) is 14.1. The summed E-state index contributed by atoms with van der Waals surface area (Å²) in [5, 5.41) is 1.65. The zero-order valence-electron chi connectivity index (χ0n) is 18.0. The van der Waals surface area contributed by atoms with Gasteiger partial charge in [0, 0.05) is 46.1 Å². The zero-order valence-corrected chi connectivity index (χ0v) is 21.3. The number of sulfonamides is 1. The molecule has 0 spiro atoms. The van der Waals surface area contributed by atoms with Crippen LogP contribution in [0, 0.1) is 5.92 Å². The average molecular weight is 548 g/mol. The van der Waals surface area contributed by atoms with Crippen molar-refractivity contribution >= 4 is 59.9 Å². The van der Waals surface area contributed by atoms with Crippen molar-refractivity contribution in [3.05, 3.63) is 40.5 Å². The van der Waals surface area contributed by atoms with Gasteiger partial charge in [-0.1, -0.05) is 6.92 Å². The molecule has 4 heterocycles. The Balaban J connectivity index is 1.46. The number of nitrogens with one attached hydrogen (secondary N) is 2. The Labute approximate surface area is 203 Å². The lowest BCUT2D eigenvalue weighted by Crippen LogP contribution is -2.35. The molecule has 0 aliphatic heterocycles. The van der Waals surface area contributed by atoms with Gasteiger partial charge in [-0.15, -0.1) is 0 Å². The molecule has 4 aromatic rings. The molecule has 2 N–H and O–H groups in total. The lowest BCUT2D eigenvalue weighted by atomic mass is 9.72. The van der Waals surface area contributed by atoms with Crippen LogP contribution in [0.1, 0.15) is 37.1 Å². The van der Waals surface area contributed by atoms with Gasteiger partial charge in [0.2, 0.25) is 10.0 Å². The van der Waals surface area contributed by atoms with Crippen LogP contribution in [0.25, 0.3) is 22.2 Å². The number of hydrogen-bond donors (Lipinski definition) is 2. The van der Waals surface area contributed by atoms with E-state index in [1.807, 2.05) is 6.07 Å². The number of pyridine rings is 1. The Morgan fingerprint density at radius 2 is 2.00 bits per heavy atom. The second-order valence-corrected chi connectivity index (χ2v) is 11.9. The number of fused-ring (bicyclic) bond motifs is 2. The van der Waals surface area contributed by atoms with E-state index in [9.17, 15) is 8.42 Å². The van der Waals surface area contributed by atoms with E-state index >= 15 is 0 Å². The summed E-state index contributed by atoms with van der Waals surface area (Å²) >= 11 is 5.18. The van der Waals surface area contributed by atoms with Crippen molar-refractivity contribution in [2.75, 3.05) is 12.8 Å². The molecular weight excluding hydrogens is 526 g/mol. The molecule has 172 valence electrons. The third-order valence-electron chi connectivity index (χ3n) is 5.79. The molecular formula is C21H22BrN7O2S2. The molecule has 0 radical (unpaired) electrons. The molecule has 1 saturated carbocycles. The van der Waals surface area contributed by atoms with Crippen molar-refractivity contribution in [1.82, 2.24) is 34.6 Å². The molecule has 1 aliphatic carbocycles. The predicted molar refractivity (Wildman–Crippen MR) is 131 cm³/mol. The van der Waals surface area contributed by atoms with E-state index in [0.29, 0.717) is 23.3 Å². The number of H-pyrrole nitrogens is 1. The van der Waals surface area contributed by atoms with Gasteiger partial charge in [-0.25, -0.2) is 33.1 Å². The fourth-order valence-electron chi connectivity index (χ4n) is 4.09. The fourth-order valence-corrected chi connectivity index (χ4v) is 6.17. The lowest BCUT2D eigenvalue weighted by molar-refractivity contribution is 0.261. The second-order valence-electron chi connectivity index (χ2n) is 8.21. The standard InChI is InChI=1S/C21H22BrN7O2S2/c1-3-14-17(22)16-18(12-6-11(7-12)9-26-33(2,30)31)28-21(29-20(16)27-14)32-13-8-15-19(25-10-13)24-5-4-23-15/h4-5,8,10-12,26H,3,6-7,9H2,1-2H3,(H,27,28,29). The van der Waals surface area contributed by atoms with Gasteiger partial charge < -0.3 is 4.98 Å². The van der Waals surface area contributed by atoms with Crippen molar-refractivity contribution in [3.8, 4) is 0 Å². The molecule has 0 unspecified atom stereocenters. The first-order valence-electron chi connectivity index (χ1n) is 10.6. The molecule has 0 bridgehead atoms. The van der Waals surface area contributed by atoms with Crippen molar-refractivity contribution < 1.29 is 8.42 Å². The van der Waals surface area contributed by atoms with E-state index in [-0.39, 0.29) is 5.92 Å². The van der Waals surface area contributed by atoms with Gasteiger partial charge in [-0.3, -0.25) is 4.98 Å². The maximum atomic E-state index is 11.4. The zero-order chi connectivity index (χ0) is 23.2. The highest BCUT2D eigenvalue weighted by Crippen LogP contribution is 2.45. The van der Waals surface area contributed by atoms with Gasteiger partial charge in [-0.2, -0.15) is 0 Å². The maximum Gasteiger partial charge on any atom is 0.208 e. The van der Waals surface area contributed by atoms with Crippen LogP contribution in [0.3, 0.4) is 0 Å². The largest absolute Gasteiger partial charge is 0.342 e. The van der Waals surface area contributed by atoms with E-state index in [1.54, 1.807) is 18.6 Å². The molecule has 0 amide bonds. The molecule has 4 aromatic heterocycles. The summed E-state index contributed by atoms with van der Waals surface area (Å²) in [5.41, 5.74) is 4.20. The number of halogens is 1. The van der Waals surface area contributed by atoms with Gasteiger partial charge in [0.05, 0.1) is 17.3 Å². The summed E-state index contributed by atoms with van der Waals surface area (Å²) < 4.78 is 26.5. The average Bonchev–Trinajstić information content (AvgIpc) is 3.07. The monoisotopic (exact) mass is 547 g/mol. The lowest BCUT2D eigenvalue weighted by Gasteiger charge is -2.35. The SMILES string of the molecule is CCc1[nH]c2nc(Sc3cnc4nccnc4c3)nc(C3CC(CNS(C)(=O)=O)C3)c2c1Br. The smallest absolute Gasteiger partial charge is 0.208 e. The Morgan fingerprint density at radius 1 is 1.21 bits per heavy atom. The summed E-state index contributed by atoms with van der Waals surface area (Å²) in [6.07, 6.45) is 8.82. The molecule has 9 nitrogen and oxygen atoms in total. The number of nitrogens with zero attached hydrogens (tertiary/aromatic N) is 5. The highest BCUT2D eigenvalue weighted by Gasteiger charge is 2.34. The van der Waals surface area contributed by atoms with E-state index in [2.05, 4.69) is 47.5 Å². The minimum absolute atomic E-state index is 0.249. The molecule has 5 rings (SSSR count). The maximum absolute atomic E-state index is 11.4. The summed E-state index contributed by atoms with van der Waals surface area (Å²) in [7, 11) is -3.18. The number of aryl methyl sites for hydroxylation is 1. The number of hydrogen-bond acceptors (Lipinski definition) is 8. The summed E-state index contributed by atoms with van der Waals surface area (Å²) in [4.78, 5) is 27.0. The minimum Gasteiger partial charge on any atom is -0.342 e. The molecule has 1 aliphatic rings. The van der Waals surface area contributed by atoms with Gasteiger partial charge in [0.15, 0.2) is 10.8 Å². The van der Waals surface area contributed by atoms with Gasteiger partial charge in [0.1, 0.15) is 11.2 Å². The highest BCUT2D eigenvalue weighted by molar-refractivity contribution is 9.10. The van der Waals surface area contributed by atoms with Crippen molar-refractivity contribution in [2.45, 2.75) is 42.2 Å². The number of aromatic nitrogens is 6. The fraction of sp³-hybridized carbons (Fsp3) is 0.381. The molecule has 0 saturated heterocycles. The summed E-state index contributed by atoms with van der Waals surface area (Å²) in [6, 6.07) is 1.94. The van der Waals surface area contributed by atoms with Gasteiger partial charge in [-0.05, 0) is 58.9 Å². The van der Waals surface area contributed by atoms with Crippen LogP contribution < -0.4 is 4.72 Å². The summed E-state index contributed by atoms with van der Waals surface area (Å²) in [6.45, 7) is 2.56. The van der Waals surface area contributed by atoms with E-state index in [1.165, 1.54) is 18.0 Å². The van der Waals surface area contributed by atoms with Crippen LogP contribution in [-0.2, 0) is 16.4 Å². The Morgan fingerprint density at radius 3 is 2.76 bits per heavy atom. The first kappa shape index (κ1) is 22.6. The minimum atomic E-state index is -3.18. The quantitative estimate of drug-likeness (QED) is 0.334. The van der Waals surface area contributed by atoms with Crippen LogP contribution in [0.15, 0.2) is 39.2 Å². The Hall–Kier alpha value is -2.15. The predicted octanol–water partition coefficient (Wildman–Crippen LogP) is 3.82. The van der Waals surface area contributed by atoms with E-state index in [0.717, 1.165) is 56.6 Å². The molecule has 33 heavy (non-hydrogen) atoms. The molecule has 12 heteroatoms. The molecule has 1 fully saturated rings. The normalized spacial score (nSPS) is 18.6. The van der Waals surface area contributed by atoms with Crippen molar-refractivity contribution in [1.29, 1.82) is 0 Å².